The zero-order valence-corrected chi connectivity index (χ0v) is 12.9. The van der Waals surface area contributed by atoms with Crippen LogP contribution in [0.3, 0.4) is 0 Å². The van der Waals surface area contributed by atoms with Crippen molar-refractivity contribution in [3.05, 3.63) is 52.0 Å². The van der Waals surface area contributed by atoms with Gasteiger partial charge in [0, 0.05) is 0 Å². The van der Waals surface area contributed by atoms with E-state index in [0.29, 0.717) is 18.9 Å². The smallest absolute Gasteiger partial charge is 0.358 e. The lowest BCUT2D eigenvalue weighted by atomic mass is 10.2. The lowest BCUT2D eigenvalue weighted by Crippen LogP contribution is -2.06. The van der Waals surface area contributed by atoms with Crippen LogP contribution in [-0.2, 0) is 4.74 Å². The number of aromatic nitrogens is 1. The van der Waals surface area contributed by atoms with Crippen LogP contribution in [0.15, 0.2) is 41.4 Å². The number of benzene rings is 1. The van der Waals surface area contributed by atoms with Gasteiger partial charge in [0.05, 0.1) is 17.0 Å². The van der Waals surface area contributed by atoms with Crippen molar-refractivity contribution >= 4 is 23.4 Å². The summed E-state index contributed by atoms with van der Waals surface area (Å²) in [5.74, 6) is 0.432. The van der Waals surface area contributed by atoms with Crippen molar-refractivity contribution in [1.82, 2.24) is 4.98 Å². The van der Waals surface area contributed by atoms with E-state index >= 15 is 0 Å². The number of hydrogen-bond donors (Lipinski definition) is 0. The summed E-state index contributed by atoms with van der Waals surface area (Å²) >= 11 is 1.41. The molecule has 21 heavy (non-hydrogen) atoms. The van der Waals surface area contributed by atoms with Gasteiger partial charge in [-0.25, -0.2) is 9.78 Å². The van der Waals surface area contributed by atoms with E-state index in [9.17, 15) is 4.79 Å². The monoisotopic (exact) mass is 303 g/mol. The third kappa shape index (κ3) is 4.43. The second-order valence-corrected chi connectivity index (χ2v) is 5.26. The highest BCUT2D eigenvalue weighted by Crippen LogP contribution is 2.19. The molecule has 4 nitrogen and oxygen atoms in total. The van der Waals surface area contributed by atoms with Crippen molar-refractivity contribution < 1.29 is 14.3 Å². The first-order chi connectivity index (χ1) is 10.2. The third-order valence-corrected chi connectivity index (χ3v) is 3.43. The minimum atomic E-state index is -0.387. The van der Waals surface area contributed by atoms with E-state index in [1.807, 2.05) is 43.3 Å². The fourth-order valence-electron chi connectivity index (χ4n) is 1.69. The highest BCUT2D eigenvalue weighted by molar-refractivity contribution is 7.10. The van der Waals surface area contributed by atoms with Crippen LogP contribution in [0.4, 0.5) is 0 Å². The number of carbonyl (C=O) groups is 1. The van der Waals surface area contributed by atoms with E-state index < -0.39 is 0 Å². The lowest BCUT2D eigenvalue weighted by molar-refractivity contribution is 0.0520. The van der Waals surface area contributed by atoms with Crippen LogP contribution in [0.5, 0.6) is 5.75 Å². The molecule has 1 heterocycles. The predicted molar refractivity (Wildman–Crippen MR) is 83.7 cm³/mol. The first-order valence-corrected chi connectivity index (χ1v) is 7.54. The summed E-state index contributed by atoms with van der Waals surface area (Å²) in [5, 5.41) is 0. The first-order valence-electron chi connectivity index (χ1n) is 6.66. The maximum absolute atomic E-state index is 11.7. The Kier molecular flexibility index (Phi) is 5.51. The molecular weight excluding hydrogens is 286 g/mol. The number of rotatable bonds is 6. The van der Waals surface area contributed by atoms with Gasteiger partial charge in [0.25, 0.3) is 0 Å². The minimum Gasteiger partial charge on any atom is -0.489 e. The van der Waals surface area contributed by atoms with Crippen molar-refractivity contribution in [3.63, 3.8) is 0 Å². The average molecular weight is 303 g/mol. The minimum absolute atomic E-state index is 0.343. The number of ether oxygens (including phenoxy) is 2. The van der Waals surface area contributed by atoms with E-state index in [-0.39, 0.29) is 5.97 Å². The Bertz CT molecular complexity index is 619. The zero-order valence-electron chi connectivity index (χ0n) is 12.0. The standard InChI is InChI=1S/C16H17NO3S/c1-3-19-16(18)15-14(21-11-17-15)9-12(2)10-20-13-7-5-4-6-8-13/h4-9,11H,3,10H2,1-2H3/b12-9+. The van der Waals surface area contributed by atoms with Crippen LogP contribution in [0, 0.1) is 0 Å². The molecule has 0 saturated carbocycles. The molecule has 5 heteroatoms. The summed E-state index contributed by atoms with van der Waals surface area (Å²) in [6.07, 6.45) is 1.91. The van der Waals surface area contributed by atoms with Crippen LogP contribution < -0.4 is 4.74 Å². The van der Waals surface area contributed by atoms with Crippen molar-refractivity contribution in [3.8, 4) is 5.75 Å². The Labute approximate surface area is 128 Å². The Morgan fingerprint density at radius 1 is 1.33 bits per heavy atom. The van der Waals surface area contributed by atoms with Gasteiger partial charge < -0.3 is 9.47 Å². The van der Waals surface area contributed by atoms with Crippen LogP contribution >= 0.6 is 11.3 Å². The SMILES string of the molecule is CCOC(=O)c1ncsc1/C=C(\C)COc1ccccc1. The molecule has 0 bridgehead atoms. The molecule has 0 saturated heterocycles. The summed E-state index contributed by atoms with van der Waals surface area (Å²) in [6, 6.07) is 9.61. The molecule has 0 aliphatic heterocycles. The molecule has 1 aromatic carbocycles. The molecule has 1 aromatic heterocycles. The highest BCUT2D eigenvalue weighted by atomic mass is 32.1. The number of nitrogens with zero attached hydrogens (tertiary/aromatic N) is 1. The molecule has 2 aromatic rings. The summed E-state index contributed by atoms with van der Waals surface area (Å²) in [7, 11) is 0. The van der Waals surface area contributed by atoms with Crippen LogP contribution in [0.2, 0.25) is 0 Å². The summed E-state index contributed by atoms with van der Waals surface area (Å²) in [6.45, 7) is 4.54. The molecule has 0 spiro atoms. The van der Waals surface area contributed by atoms with Gasteiger partial charge in [-0.1, -0.05) is 18.2 Å². The number of hydrogen-bond acceptors (Lipinski definition) is 5. The number of carbonyl (C=O) groups excluding carboxylic acids is 1. The number of thiazole rings is 1. The fraction of sp³-hybridized carbons (Fsp3) is 0.250. The van der Waals surface area contributed by atoms with Gasteiger partial charge in [-0.15, -0.1) is 11.3 Å². The van der Waals surface area contributed by atoms with Gasteiger partial charge in [-0.2, -0.15) is 0 Å². The molecular formula is C16H17NO3S. The molecule has 110 valence electrons. The average Bonchev–Trinajstić information content (AvgIpc) is 2.95. The van der Waals surface area contributed by atoms with E-state index in [2.05, 4.69) is 4.98 Å². The molecule has 0 N–H and O–H groups in total. The molecule has 0 aliphatic carbocycles. The lowest BCUT2D eigenvalue weighted by Gasteiger charge is -2.06. The first kappa shape index (κ1) is 15.3. The summed E-state index contributed by atoms with van der Waals surface area (Å²) < 4.78 is 10.6. The van der Waals surface area contributed by atoms with Crippen LogP contribution in [0.25, 0.3) is 6.08 Å². The maximum atomic E-state index is 11.7. The molecule has 2 rings (SSSR count). The van der Waals surface area contributed by atoms with Crippen LogP contribution in [0.1, 0.15) is 29.2 Å². The quantitative estimate of drug-likeness (QED) is 0.762. The molecule has 0 amide bonds. The Morgan fingerprint density at radius 2 is 2.10 bits per heavy atom. The second-order valence-electron chi connectivity index (χ2n) is 4.38. The third-order valence-electron chi connectivity index (χ3n) is 2.65. The van der Waals surface area contributed by atoms with Gasteiger partial charge in [0.15, 0.2) is 5.69 Å². The predicted octanol–water partition coefficient (Wildman–Crippen LogP) is 3.80. The van der Waals surface area contributed by atoms with Gasteiger partial charge >= 0.3 is 5.97 Å². The van der Waals surface area contributed by atoms with Crippen molar-refractivity contribution in [2.45, 2.75) is 13.8 Å². The molecule has 0 aliphatic rings. The molecule has 0 unspecified atom stereocenters. The van der Waals surface area contributed by atoms with Gasteiger partial charge in [-0.3, -0.25) is 0 Å². The second kappa shape index (κ2) is 7.59. The highest BCUT2D eigenvalue weighted by Gasteiger charge is 2.14. The maximum Gasteiger partial charge on any atom is 0.358 e. The Morgan fingerprint density at radius 3 is 2.81 bits per heavy atom. The molecule has 0 radical (unpaired) electrons. The van der Waals surface area contributed by atoms with Gasteiger partial charge in [0.1, 0.15) is 12.4 Å². The topological polar surface area (TPSA) is 48.4 Å². The van der Waals surface area contributed by atoms with Crippen molar-refractivity contribution in [2.24, 2.45) is 0 Å². The van der Waals surface area contributed by atoms with Crippen molar-refractivity contribution in [1.29, 1.82) is 0 Å². The molecule has 0 atom stereocenters. The van der Waals surface area contributed by atoms with Gasteiger partial charge in [0.2, 0.25) is 0 Å². The summed E-state index contributed by atoms with van der Waals surface area (Å²) in [5.41, 5.74) is 3.01. The van der Waals surface area contributed by atoms with Crippen LogP contribution in [-0.4, -0.2) is 24.2 Å². The Balaban J connectivity index is 2.02. The molecule has 0 fully saturated rings. The van der Waals surface area contributed by atoms with E-state index in [1.54, 1.807) is 12.4 Å². The van der Waals surface area contributed by atoms with Gasteiger partial charge in [-0.05, 0) is 37.6 Å². The van der Waals surface area contributed by atoms with E-state index in [1.165, 1.54) is 11.3 Å². The zero-order chi connectivity index (χ0) is 15.1. The summed E-state index contributed by atoms with van der Waals surface area (Å²) in [4.78, 5) is 16.6. The number of para-hydroxylation sites is 1. The van der Waals surface area contributed by atoms with Crippen molar-refractivity contribution in [2.75, 3.05) is 13.2 Å². The number of esters is 1. The largest absolute Gasteiger partial charge is 0.489 e. The van der Waals surface area contributed by atoms with E-state index in [0.717, 1.165) is 16.2 Å². The fourth-order valence-corrected chi connectivity index (χ4v) is 2.48. The normalized spacial score (nSPS) is 11.2. The Hall–Kier alpha value is -2.14. The van der Waals surface area contributed by atoms with E-state index in [4.69, 9.17) is 9.47 Å².